The number of para-hydroxylation sites is 1. The van der Waals surface area contributed by atoms with Gasteiger partial charge in [-0.25, -0.2) is 0 Å². The van der Waals surface area contributed by atoms with Gasteiger partial charge in [0.15, 0.2) is 0 Å². The van der Waals surface area contributed by atoms with E-state index in [2.05, 4.69) is 40.3 Å². The van der Waals surface area contributed by atoms with Crippen LogP contribution in [-0.2, 0) is 0 Å². The standard InChI is InChI=1S/C15H17BrN2/c1-10-5-3-8-14(15(10)17)18-11(2)12-6-4-7-13(16)9-12/h3-9,11,18H,17H2,1-2H3. The first-order valence-electron chi connectivity index (χ1n) is 5.95. The maximum Gasteiger partial charge on any atom is 0.0581 e. The van der Waals surface area contributed by atoms with Crippen molar-refractivity contribution in [2.45, 2.75) is 19.9 Å². The molecule has 3 heteroatoms. The molecule has 0 amide bonds. The molecule has 0 aliphatic heterocycles. The summed E-state index contributed by atoms with van der Waals surface area (Å²) in [7, 11) is 0. The van der Waals surface area contributed by atoms with Crippen LogP contribution in [0.4, 0.5) is 11.4 Å². The minimum Gasteiger partial charge on any atom is -0.397 e. The summed E-state index contributed by atoms with van der Waals surface area (Å²) in [4.78, 5) is 0. The van der Waals surface area contributed by atoms with Gasteiger partial charge < -0.3 is 11.1 Å². The maximum atomic E-state index is 6.07. The molecule has 1 atom stereocenters. The number of nitrogens with one attached hydrogen (secondary N) is 1. The predicted octanol–water partition coefficient (Wildman–Crippen LogP) is 4.51. The van der Waals surface area contributed by atoms with Crippen molar-refractivity contribution in [1.82, 2.24) is 0 Å². The number of nitrogen functional groups attached to an aromatic ring is 1. The molecule has 0 aromatic heterocycles. The Balaban J connectivity index is 2.21. The highest BCUT2D eigenvalue weighted by molar-refractivity contribution is 9.10. The summed E-state index contributed by atoms with van der Waals surface area (Å²) in [5.41, 5.74) is 10.2. The van der Waals surface area contributed by atoms with Crippen molar-refractivity contribution < 1.29 is 0 Å². The smallest absolute Gasteiger partial charge is 0.0581 e. The number of benzene rings is 2. The summed E-state index contributed by atoms with van der Waals surface area (Å²) in [6.07, 6.45) is 0. The number of rotatable bonds is 3. The van der Waals surface area contributed by atoms with Gasteiger partial charge in [-0.15, -0.1) is 0 Å². The van der Waals surface area contributed by atoms with Gasteiger partial charge >= 0.3 is 0 Å². The van der Waals surface area contributed by atoms with E-state index in [0.717, 1.165) is 21.4 Å². The Bertz CT molecular complexity index is 552. The second-order valence-electron chi connectivity index (χ2n) is 4.46. The fourth-order valence-corrected chi connectivity index (χ4v) is 2.32. The van der Waals surface area contributed by atoms with Gasteiger partial charge in [-0.1, -0.05) is 40.2 Å². The van der Waals surface area contributed by atoms with E-state index in [1.54, 1.807) is 0 Å². The minimum atomic E-state index is 0.214. The molecule has 2 aromatic carbocycles. The van der Waals surface area contributed by atoms with Gasteiger partial charge in [0, 0.05) is 10.5 Å². The summed E-state index contributed by atoms with van der Waals surface area (Å²) in [6, 6.07) is 14.5. The van der Waals surface area contributed by atoms with Crippen LogP contribution < -0.4 is 11.1 Å². The number of halogens is 1. The van der Waals surface area contributed by atoms with Gasteiger partial charge in [0.2, 0.25) is 0 Å². The predicted molar refractivity (Wildman–Crippen MR) is 81.8 cm³/mol. The van der Waals surface area contributed by atoms with Crippen LogP contribution in [0.3, 0.4) is 0 Å². The summed E-state index contributed by atoms with van der Waals surface area (Å²) >= 11 is 3.49. The highest BCUT2D eigenvalue weighted by Gasteiger charge is 2.08. The molecule has 2 aromatic rings. The lowest BCUT2D eigenvalue weighted by atomic mass is 10.1. The van der Waals surface area contributed by atoms with E-state index < -0.39 is 0 Å². The number of anilines is 2. The molecule has 0 saturated heterocycles. The number of hydrogen-bond donors (Lipinski definition) is 2. The molecule has 3 N–H and O–H groups in total. The third-order valence-corrected chi connectivity index (χ3v) is 3.54. The van der Waals surface area contributed by atoms with Crippen LogP contribution in [0.5, 0.6) is 0 Å². The van der Waals surface area contributed by atoms with Crippen LogP contribution in [0.2, 0.25) is 0 Å². The van der Waals surface area contributed by atoms with Crippen LogP contribution in [0, 0.1) is 6.92 Å². The molecule has 0 fully saturated rings. The van der Waals surface area contributed by atoms with Crippen molar-refractivity contribution >= 4 is 27.3 Å². The van der Waals surface area contributed by atoms with Crippen molar-refractivity contribution in [2.24, 2.45) is 0 Å². The van der Waals surface area contributed by atoms with Crippen LogP contribution in [-0.4, -0.2) is 0 Å². The topological polar surface area (TPSA) is 38.0 Å². The van der Waals surface area contributed by atoms with E-state index in [1.165, 1.54) is 5.56 Å². The van der Waals surface area contributed by atoms with E-state index >= 15 is 0 Å². The average molecular weight is 305 g/mol. The van der Waals surface area contributed by atoms with Gasteiger partial charge in [0.05, 0.1) is 11.4 Å². The van der Waals surface area contributed by atoms with Gasteiger partial charge in [0.25, 0.3) is 0 Å². The highest BCUT2D eigenvalue weighted by Crippen LogP contribution is 2.27. The van der Waals surface area contributed by atoms with E-state index in [1.807, 2.05) is 37.3 Å². The van der Waals surface area contributed by atoms with Crippen LogP contribution in [0.1, 0.15) is 24.1 Å². The average Bonchev–Trinajstić information content (AvgIpc) is 2.35. The molecule has 2 rings (SSSR count). The van der Waals surface area contributed by atoms with Crippen molar-refractivity contribution in [3.8, 4) is 0 Å². The molecule has 1 unspecified atom stereocenters. The van der Waals surface area contributed by atoms with E-state index in [4.69, 9.17) is 5.73 Å². The zero-order valence-corrected chi connectivity index (χ0v) is 12.2. The molecule has 0 radical (unpaired) electrons. The van der Waals surface area contributed by atoms with Gasteiger partial charge in [0.1, 0.15) is 0 Å². The summed E-state index contributed by atoms with van der Waals surface area (Å²) in [5, 5.41) is 3.45. The second-order valence-corrected chi connectivity index (χ2v) is 5.37. The van der Waals surface area contributed by atoms with Crippen LogP contribution in [0.15, 0.2) is 46.9 Å². The molecule has 0 heterocycles. The third kappa shape index (κ3) is 2.85. The van der Waals surface area contributed by atoms with Gasteiger partial charge in [-0.3, -0.25) is 0 Å². The molecular formula is C15H17BrN2. The quantitative estimate of drug-likeness (QED) is 0.819. The highest BCUT2D eigenvalue weighted by atomic mass is 79.9. The van der Waals surface area contributed by atoms with Crippen molar-refractivity contribution in [2.75, 3.05) is 11.1 Å². The molecular weight excluding hydrogens is 288 g/mol. The lowest BCUT2D eigenvalue weighted by molar-refractivity contribution is 0.884. The zero-order valence-electron chi connectivity index (χ0n) is 10.6. The fourth-order valence-electron chi connectivity index (χ4n) is 1.90. The molecule has 0 bridgehead atoms. The first-order chi connectivity index (χ1) is 8.58. The third-order valence-electron chi connectivity index (χ3n) is 3.04. The Morgan fingerprint density at radius 1 is 1.17 bits per heavy atom. The van der Waals surface area contributed by atoms with E-state index in [-0.39, 0.29) is 6.04 Å². The molecule has 2 nitrogen and oxygen atoms in total. The SMILES string of the molecule is Cc1cccc(NC(C)c2cccc(Br)c2)c1N. The second kappa shape index (κ2) is 5.44. The number of hydrogen-bond acceptors (Lipinski definition) is 2. The molecule has 94 valence electrons. The largest absolute Gasteiger partial charge is 0.397 e. The van der Waals surface area contributed by atoms with Gasteiger partial charge in [-0.2, -0.15) is 0 Å². The molecule has 0 saturated carbocycles. The summed E-state index contributed by atoms with van der Waals surface area (Å²) in [6.45, 7) is 4.15. The normalized spacial score (nSPS) is 12.2. The number of nitrogens with two attached hydrogens (primary N) is 1. The van der Waals surface area contributed by atoms with Crippen molar-refractivity contribution in [3.05, 3.63) is 58.1 Å². The Morgan fingerprint density at radius 3 is 2.61 bits per heavy atom. The first kappa shape index (κ1) is 13.0. The van der Waals surface area contributed by atoms with Crippen LogP contribution in [0.25, 0.3) is 0 Å². The summed E-state index contributed by atoms with van der Waals surface area (Å²) in [5.74, 6) is 0. The Morgan fingerprint density at radius 2 is 1.89 bits per heavy atom. The Labute approximate surface area is 116 Å². The van der Waals surface area contributed by atoms with Crippen molar-refractivity contribution in [1.29, 1.82) is 0 Å². The molecule has 0 spiro atoms. The van der Waals surface area contributed by atoms with Gasteiger partial charge in [-0.05, 0) is 43.2 Å². The monoisotopic (exact) mass is 304 g/mol. The van der Waals surface area contributed by atoms with E-state index in [0.29, 0.717) is 0 Å². The van der Waals surface area contributed by atoms with Crippen molar-refractivity contribution in [3.63, 3.8) is 0 Å². The minimum absolute atomic E-state index is 0.214. The maximum absolute atomic E-state index is 6.07. The lowest BCUT2D eigenvalue weighted by Crippen LogP contribution is -2.08. The summed E-state index contributed by atoms with van der Waals surface area (Å²) < 4.78 is 1.09. The van der Waals surface area contributed by atoms with Crippen LogP contribution >= 0.6 is 15.9 Å². The fraction of sp³-hybridized carbons (Fsp3) is 0.200. The molecule has 0 aliphatic rings. The lowest BCUT2D eigenvalue weighted by Gasteiger charge is -2.18. The Hall–Kier alpha value is -1.48. The first-order valence-corrected chi connectivity index (χ1v) is 6.74. The molecule has 18 heavy (non-hydrogen) atoms. The molecule has 0 aliphatic carbocycles. The Kier molecular flexibility index (Phi) is 3.92. The number of aryl methyl sites for hydroxylation is 1. The zero-order chi connectivity index (χ0) is 13.1. The van der Waals surface area contributed by atoms with E-state index in [9.17, 15) is 0 Å².